The Morgan fingerprint density at radius 3 is 2.73 bits per heavy atom. The normalized spacial score (nSPS) is 10.8. The number of amides is 1. The van der Waals surface area contributed by atoms with Crippen molar-refractivity contribution in [3.05, 3.63) is 63.5 Å². The molecule has 0 radical (unpaired) electrons. The Kier molecular flexibility index (Phi) is 5.70. The van der Waals surface area contributed by atoms with Gasteiger partial charge in [0.25, 0.3) is 5.91 Å². The summed E-state index contributed by atoms with van der Waals surface area (Å²) >= 11 is 13.0. The Balaban J connectivity index is 1.83. The van der Waals surface area contributed by atoms with Gasteiger partial charge in [0.2, 0.25) is 0 Å². The molecule has 3 aromatic rings. The van der Waals surface area contributed by atoms with Gasteiger partial charge in [-0.05, 0) is 30.3 Å². The number of aromatic nitrogens is 1. The van der Waals surface area contributed by atoms with E-state index in [1.807, 2.05) is 0 Å². The largest absolute Gasteiger partial charge is 0.434 e. The second kappa shape index (κ2) is 7.99. The zero-order valence-corrected chi connectivity index (χ0v) is 15.2. The van der Waals surface area contributed by atoms with Crippen molar-refractivity contribution in [2.45, 2.75) is 6.61 Å². The summed E-state index contributed by atoms with van der Waals surface area (Å²) in [6.45, 7) is -2.95. The van der Waals surface area contributed by atoms with Crippen molar-refractivity contribution >= 4 is 45.6 Å². The van der Waals surface area contributed by atoms with Gasteiger partial charge in [0.15, 0.2) is 5.13 Å². The molecule has 0 atom stereocenters. The summed E-state index contributed by atoms with van der Waals surface area (Å²) < 4.78 is 29.6. The van der Waals surface area contributed by atoms with E-state index in [0.29, 0.717) is 16.3 Å². The summed E-state index contributed by atoms with van der Waals surface area (Å²) in [5, 5.41) is 5.15. The SMILES string of the molecule is O=C(Nc1nc(-c2ccccc2OC(F)F)cs1)c1cc(Cl)ccc1Cl. The van der Waals surface area contributed by atoms with E-state index < -0.39 is 12.5 Å². The maximum Gasteiger partial charge on any atom is 0.387 e. The number of ether oxygens (including phenoxy) is 1. The standard InChI is InChI=1S/C17H10Cl2F2N2O2S/c18-9-5-6-12(19)11(7-9)15(24)23-17-22-13(8-26-17)10-3-1-2-4-14(10)25-16(20)21/h1-8,16H,(H,22,23,24). The lowest BCUT2D eigenvalue weighted by atomic mass is 10.1. The molecule has 1 amide bonds. The Morgan fingerprint density at radius 1 is 1.19 bits per heavy atom. The number of nitrogens with one attached hydrogen (secondary N) is 1. The molecule has 0 bridgehead atoms. The van der Waals surface area contributed by atoms with Gasteiger partial charge in [0.05, 0.1) is 16.3 Å². The van der Waals surface area contributed by atoms with Crippen molar-refractivity contribution in [1.29, 1.82) is 0 Å². The third-order valence-electron chi connectivity index (χ3n) is 3.28. The van der Waals surface area contributed by atoms with Crippen LogP contribution in [0.5, 0.6) is 5.75 Å². The highest BCUT2D eigenvalue weighted by molar-refractivity contribution is 7.14. The molecule has 1 aromatic heterocycles. The fourth-order valence-electron chi connectivity index (χ4n) is 2.17. The van der Waals surface area contributed by atoms with E-state index >= 15 is 0 Å². The van der Waals surface area contributed by atoms with Gasteiger partial charge >= 0.3 is 6.61 Å². The minimum atomic E-state index is -2.95. The van der Waals surface area contributed by atoms with Crippen molar-refractivity contribution in [2.24, 2.45) is 0 Å². The number of rotatable bonds is 5. The number of hydrogen-bond acceptors (Lipinski definition) is 4. The number of nitrogens with zero attached hydrogens (tertiary/aromatic N) is 1. The topological polar surface area (TPSA) is 51.2 Å². The molecule has 1 N–H and O–H groups in total. The summed E-state index contributed by atoms with van der Waals surface area (Å²) in [6.07, 6.45) is 0. The number of carbonyl (C=O) groups excluding carboxylic acids is 1. The van der Waals surface area contributed by atoms with Crippen molar-refractivity contribution < 1.29 is 18.3 Å². The van der Waals surface area contributed by atoms with Crippen LogP contribution in [-0.4, -0.2) is 17.5 Å². The van der Waals surface area contributed by atoms with Gasteiger partial charge in [0, 0.05) is 16.0 Å². The first kappa shape index (κ1) is 18.6. The lowest BCUT2D eigenvalue weighted by Gasteiger charge is -2.08. The first-order valence-corrected chi connectivity index (χ1v) is 8.84. The highest BCUT2D eigenvalue weighted by atomic mass is 35.5. The Bertz CT molecular complexity index is 950. The van der Waals surface area contributed by atoms with Gasteiger partial charge in [-0.3, -0.25) is 10.1 Å². The molecule has 0 unspecified atom stereocenters. The molecule has 0 aliphatic rings. The average Bonchev–Trinajstić information content (AvgIpc) is 3.05. The predicted molar refractivity (Wildman–Crippen MR) is 98.6 cm³/mol. The lowest BCUT2D eigenvalue weighted by Crippen LogP contribution is -2.12. The van der Waals surface area contributed by atoms with Crippen LogP contribution in [0.2, 0.25) is 10.0 Å². The van der Waals surface area contributed by atoms with Gasteiger partial charge in [-0.1, -0.05) is 35.3 Å². The third-order valence-corrected chi connectivity index (χ3v) is 4.60. The fourth-order valence-corrected chi connectivity index (χ4v) is 3.25. The Labute approximate surface area is 161 Å². The first-order chi connectivity index (χ1) is 12.4. The number of thiazole rings is 1. The van der Waals surface area contributed by atoms with Crippen LogP contribution in [0.3, 0.4) is 0 Å². The van der Waals surface area contributed by atoms with Crippen LogP contribution in [0.1, 0.15) is 10.4 Å². The molecule has 2 aromatic carbocycles. The van der Waals surface area contributed by atoms with E-state index in [0.717, 1.165) is 11.3 Å². The first-order valence-electron chi connectivity index (χ1n) is 7.20. The average molecular weight is 415 g/mol. The van der Waals surface area contributed by atoms with Crippen molar-refractivity contribution in [3.63, 3.8) is 0 Å². The summed E-state index contributed by atoms with van der Waals surface area (Å²) in [6, 6.07) is 10.8. The summed E-state index contributed by atoms with van der Waals surface area (Å²) in [4.78, 5) is 16.6. The number of alkyl halides is 2. The zero-order chi connectivity index (χ0) is 18.7. The van der Waals surface area contributed by atoms with Gasteiger partial charge in [-0.2, -0.15) is 8.78 Å². The van der Waals surface area contributed by atoms with Crippen molar-refractivity contribution in [1.82, 2.24) is 4.98 Å². The minimum Gasteiger partial charge on any atom is -0.434 e. The molecule has 0 aliphatic carbocycles. The van der Waals surface area contributed by atoms with E-state index in [1.165, 1.54) is 18.2 Å². The molecule has 9 heteroatoms. The monoisotopic (exact) mass is 414 g/mol. The van der Waals surface area contributed by atoms with E-state index in [-0.39, 0.29) is 21.5 Å². The molecule has 26 heavy (non-hydrogen) atoms. The number of anilines is 1. The molecule has 3 rings (SSSR count). The van der Waals surface area contributed by atoms with Gasteiger partial charge in [0.1, 0.15) is 5.75 Å². The van der Waals surface area contributed by atoms with Crippen molar-refractivity contribution in [3.8, 4) is 17.0 Å². The van der Waals surface area contributed by atoms with Crippen LogP contribution in [0, 0.1) is 0 Å². The van der Waals surface area contributed by atoms with Crippen LogP contribution in [0.4, 0.5) is 13.9 Å². The van der Waals surface area contributed by atoms with E-state index in [2.05, 4.69) is 15.0 Å². The van der Waals surface area contributed by atoms with Gasteiger partial charge in [-0.15, -0.1) is 11.3 Å². The Morgan fingerprint density at radius 2 is 1.96 bits per heavy atom. The van der Waals surface area contributed by atoms with Crippen LogP contribution in [0.25, 0.3) is 11.3 Å². The highest BCUT2D eigenvalue weighted by Crippen LogP contribution is 2.33. The number of carbonyl (C=O) groups is 1. The molecule has 0 aliphatic heterocycles. The number of para-hydroxylation sites is 1. The molecule has 0 saturated heterocycles. The van der Waals surface area contributed by atoms with E-state index in [4.69, 9.17) is 23.2 Å². The molecule has 0 saturated carbocycles. The smallest absolute Gasteiger partial charge is 0.387 e. The number of hydrogen-bond donors (Lipinski definition) is 1. The quantitative estimate of drug-likeness (QED) is 0.559. The molecule has 0 fully saturated rings. The fraction of sp³-hybridized carbons (Fsp3) is 0.0588. The molecule has 1 heterocycles. The molecular weight excluding hydrogens is 405 g/mol. The zero-order valence-electron chi connectivity index (χ0n) is 12.9. The number of benzene rings is 2. The highest BCUT2D eigenvalue weighted by Gasteiger charge is 2.16. The van der Waals surface area contributed by atoms with Crippen molar-refractivity contribution in [2.75, 3.05) is 5.32 Å². The van der Waals surface area contributed by atoms with E-state index in [1.54, 1.807) is 29.6 Å². The van der Waals surface area contributed by atoms with Crippen LogP contribution >= 0.6 is 34.5 Å². The summed E-state index contributed by atoms with van der Waals surface area (Å²) in [5.74, 6) is -0.473. The van der Waals surface area contributed by atoms with Crippen LogP contribution < -0.4 is 10.1 Å². The van der Waals surface area contributed by atoms with E-state index in [9.17, 15) is 13.6 Å². The minimum absolute atomic E-state index is 0.00330. The lowest BCUT2D eigenvalue weighted by molar-refractivity contribution is -0.0494. The summed E-state index contributed by atoms with van der Waals surface area (Å²) in [7, 11) is 0. The molecular formula is C17H10Cl2F2N2O2S. The summed E-state index contributed by atoms with van der Waals surface area (Å²) in [5.41, 5.74) is 1.00. The maximum atomic E-state index is 12.5. The maximum absolute atomic E-state index is 12.5. The Hall–Kier alpha value is -2.22. The second-order valence-electron chi connectivity index (χ2n) is 4.99. The molecule has 0 spiro atoms. The molecule has 134 valence electrons. The third kappa shape index (κ3) is 4.30. The van der Waals surface area contributed by atoms with Gasteiger partial charge in [-0.25, -0.2) is 4.98 Å². The number of halogens is 4. The van der Waals surface area contributed by atoms with Gasteiger partial charge < -0.3 is 4.74 Å². The second-order valence-corrected chi connectivity index (χ2v) is 6.69. The van der Waals surface area contributed by atoms with Crippen LogP contribution in [-0.2, 0) is 0 Å². The van der Waals surface area contributed by atoms with Crippen LogP contribution in [0.15, 0.2) is 47.8 Å². The molecule has 4 nitrogen and oxygen atoms in total. The predicted octanol–water partition coefficient (Wildman–Crippen LogP) is 5.97.